The van der Waals surface area contributed by atoms with Gasteiger partial charge in [-0.05, 0) is 35.6 Å². The Labute approximate surface area is 164 Å². The summed E-state index contributed by atoms with van der Waals surface area (Å²) >= 11 is 0. The van der Waals surface area contributed by atoms with E-state index in [1.807, 2.05) is 29.2 Å². The molecule has 28 heavy (non-hydrogen) atoms. The summed E-state index contributed by atoms with van der Waals surface area (Å²) in [5.74, 6) is -0.912. The van der Waals surface area contributed by atoms with Crippen LogP contribution in [0.1, 0.15) is 46.3 Å². The van der Waals surface area contributed by atoms with Gasteiger partial charge in [0.05, 0.1) is 5.56 Å². The van der Waals surface area contributed by atoms with Gasteiger partial charge in [-0.2, -0.15) is 0 Å². The zero-order chi connectivity index (χ0) is 19.9. The number of amides is 2. The summed E-state index contributed by atoms with van der Waals surface area (Å²) in [6.45, 7) is 1.81. The average Bonchev–Trinajstić information content (AvgIpc) is 3.09. The van der Waals surface area contributed by atoms with Crippen LogP contribution in [0, 0.1) is 0 Å². The molecule has 0 radical (unpaired) electrons. The molecule has 1 saturated heterocycles. The van der Waals surface area contributed by atoms with Gasteiger partial charge in [-0.1, -0.05) is 42.5 Å². The number of hydrogen-bond acceptors (Lipinski definition) is 3. The zero-order valence-electron chi connectivity index (χ0n) is 15.7. The van der Waals surface area contributed by atoms with E-state index in [-0.39, 0.29) is 23.8 Å². The molecule has 0 unspecified atom stereocenters. The minimum absolute atomic E-state index is 0.125. The van der Waals surface area contributed by atoms with Gasteiger partial charge in [-0.15, -0.1) is 0 Å². The van der Waals surface area contributed by atoms with Gasteiger partial charge in [0.15, 0.2) is 0 Å². The van der Waals surface area contributed by atoms with Crippen LogP contribution >= 0.6 is 0 Å². The Bertz CT molecular complexity index is 878. The number of hydrogen-bond donors (Lipinski definition) is 2. The molecule has 1 aliphatic rings. The molecule has 6 nitrogen and oxygen atoms in total. The summed E-state index contributed by atoms with van der Waals surface area (Å²) in [6, 6.07) is 14.6. The van der Waals surface area contributed by atoms with Crippen LogP contribution in [0.15, 0.2) is 48.5 Å². The number of rotatable bonds is 8. The smallest absolute Gasteiger partial charge is 0.335 e. The topological polar surface area (TPSA) is 86.7 Å². The van der Waals surface area contributed by atoms with Gasteiger partial charge in [-0.3, -0.25) is 9.59 Å². The molecule has 0 spiro atoms. The first-order chi connectivity index (χ1) is 13.5. The number of aromatic carboxylic acids is 1. The van der Waals surface area contributed by atoms with Crippen molar-refractivity contribution in [3.63, 3.8) is 0 Å². The van der Waals surface area contributed by atoms with Crippen LogP contribution in [0.5, 0.6) is 0 Å². The fourth-order valence-corrected chi connectivity index (χ4v) is 3.41. The average molecular weight is 380 g/mol. The highest BCUT2D eigenvalue weighted by Crippen LogP contribution is 2.15. The molecule has 0 saturated carbocycles. The second-order valence-corrected chi connectivity index (χ2v) is 6.98. The van der Waals surface area contributed by atoms with Gasteiger partial charge in [0.1, 0.15) is 0 Å². The van der Waals surface area contributed by atoms with E-state index >= 15 is 0 Å². The predicted molar refractivity (Wildman–Crippen MR) is 105 cm³/mol. The quantitative estimate of drug-likeness (QED) is 0.737. The molecule has 1 aliphatic heterocycles. The van der Waals surface area contributed by atoms with E-state index in [4.69, 9.17) is 0 Å². The number of aryl methyl sites for hydroxylation is 1. The maximum absolute atomic E-state index is 12.2. The molecule has 2 N–H and O–H groups in total. The van der Waals surface area contributed by atoms with Crippen molar-refractivity contribution in [3.8, 4) is 0 Å². The lowest BCUT2D eigenvalue weighted by molar-refractivity contribution is -0.128. The summed E-state index contributed by atoms with van der Waals surface area (Å²) in [6.07, 6.45) is 2.15. The molecular formula is C22H24N2O4. The number of carboxylic acids is 1. The summed E-state index contributed by atoms with van der Waals surface area (Å²) in [5, 5.41) is 12.1. The molecule has 0 bridgehead atoms. The van der Waals surface area contributed by atoms with Crippen molar-refractivity contribution in [2.75, 3.05) is 6.54 Å². The first-order valence-electron chi connectivity index (χ1n) is 9.46. The normalized spacial score (nSPS) is 13.6. The van der Waals surface area contributed by atoms with Crippen molar-refractivity contribution >= 4 is 17.8 Å². The van der Waals surface area contributed by atoms with E-state index in [0.29, 0.717) is 31.5 Å². The maximum atomic E-state index is 12.2. The number of nitrogens with one attached hydrogen (secondary N) is 1. The Hall–Kier alpha value is -3.15. The Morgan fingerprint density at radius 1 is 1.07 bits per heavy atom. The van der Waals surface area contributed by atoms with Gasteiger partial charge < -0.3 is 15.3 Å². The SMILES string of the molecule is O=C(CCc1ccccc1C(=O)O)NCc1cccc(CN2CCCC2=O)c1. The third-order valence-corrected chi connectivity index (χ3v) is 4.90. The van der Waals surface area contributed by atoms with Crippen molar-refractivity contribution in [1.82, 2.24) is 10.2 Å². The highest BCUT2D eigenvalue weighted by Gasteiger charge is 2.20. The molecule has 0 aliphatic carbocycles. The summed E-state index contributed by atoms with van der Waals surface area (Å²) in [5.41, 5.74) is 2.92. The first kappa shape index (κ1) is 19.6. The van der Waals surface area contributed by atoms with E-state index in [1.165, 1.54) is 0 Å². The highest BCUT2D eigenvalue weighted by molar-refractivity contribution is 5.89. The van der Waals surface area contributed by atoms with Gasteiger partial charge in [0, 0.05) is 32.5 Å². The van der Waals surface area contributed by atoms with Crippen LogP contribution in [0.3, 0.4) is 0 Å². The number of benzene rings is 2. The minimum Gasteiger partial charge on any atom is -0.478 e. The molecule has 2 amide bonds. The fourth-order valence-electron chi connectivity index (χ4n) is 3.41. The van der Waals surface area contributed by atoms with Crippen LogP contribution < -0.4 is 5.32 Å². The Morgan fingerprint density at radius 3 is 2.61 bits per heavy atom. The zero-order valence-corrected chi connectivity index (χ0v) is 15.7. The lowest BCUT2D eigenvalue weighted by atomic mass is 10.0. The molecule has 6 heteroatoms. The number of nitrogens with zero attached hydrogens (tertiary/aromatic N) is 1. The van der Waals surface area contributed by atoms with Gasteiger partial charge in [0.2, 0.25) is 11.8 Å². The van der Waals surface area contributed by atoms with Crippen LogP contribution in [-0.4, -0.2) is 34.3 Å². The molecule has 1 fully saturated rings. The third-order valence-electron chi connectivity index (χ3n) is 4.90. The van der Waals surface area contributed by atoms with E-state index in [2.05, 4.69) is 5.32 Å². The van der Waals surface area contributed by atoms with Gasteiger partial charge in [0.25, 0.3) is 0 Å². The number of carbonyl (C=O) groups excluding carboxylic acids is 2. The number of carboxylic acid groups (broad SMARTS) is 1. The summed E-state index contributed by atoms with van der Waals surface area (Å²) in [4.78, 5) is 37.0. The van der Waals surface area contributed by atoms with Gasteiger partial charge in [-0.25, -0.2) is 4.79 Å². The Morgan fingerprint density at radius 2 is 1.86 bits per heavy atom. The van der Waals surface area contributed by atoms with Crippen LogP contribution in [0.4, 0.5) is 0 Å². The summed E-state index contributed by atoms with van der Waals surface area (Å²) < 4.78 is 0. The molecule has 1 heterocycles. The number of carbonyl (C=O) groups is 3. The second kappa shape index (κ2) is 9.17. The maximum Gasteiger partial charge on any atom is 0.335 e. The molecule has 0 atom stereocenters. The van der Waals surface area contributed by atoms with E-state index in [1.54, 1.807) is 24.3 Å². The minimum atomic E-state index is -0.982. The predicted octanol–water partition coefficient (Wildman–Crippen LogP) is 2.76. The molecule has 0 aromatic heterocycles. The molecule has 3 rings (SSSR count). The van der Waals surface area contributed by atoms with Crippen molar-refractivity contribution < 1.29 is 19.5 Å². The van der Waals surface area contributed by atoms with Crippen molar-refractivity contribution in [2.45, 2.75) is 38.8 Å². The molecule has 2 aromatic rings. The molecule has 2 aromatic carbocycles. The Balaban J connectivity index is 1.50. The fraction of sp³-hybridized carbons (Fsp3) is 0.318. The largest absolute Gasteiger partial charge is 0.478 e. The highest BCUT2D eigenvalue weighted by atomic mass is 16.4. The standard InChI is InChI=1S/C22H24N2O4/c25-20(11-10-18-7-1-2-8-19(18)22(27)28)23-14-16-5-3-6-17(13-16)15-24-12-4-9-21(24)26/h1-3,5-8,13H,4,9-12,14-15H2,(H,23,25)(H,27,28). The third kappa shape index (κ3) is 5.19. The number of likely N-dealkylation sites (tertiary alicyclic amines) is 1. The molecular weight excluding hydrogens is 356 g/mol. The lowest BCUT2D eigenvalue weighted by Gasteiger charge is -2.16. The van der Waals surface area contributed by atoms with Crippen molar-refractivity contribution in [1.29, 1.82) is 0 Å². The van der Waals surface area contributed by atoms with Crippen LogP contribution in [0.2, 0.25) is 0 Å². The van der Waals surface area contributed by atoms with Crippen molar-refractivity contribution in [2.24, 2.45) is 0 Å². The van der Waals surface area contributed by atoms with Crippen LogP contribution in [0.25, 0.3) is 0 Å². The monoisotopic (exact) mass is 380 g/mol. The Kier molecular flexibility index (Phi) is 6.42. The summed E-state index contributed by atoms with van der Waals surface area (Å²) in [7, 11) is 0. The van der Waals surface area contributed by atoms with Crippen molar-refractivity contribution in [3.05, 3.63) is 70.8 Å². The first-order valence-corrected chi connectivity index (χ1v) is 9.46. The van der Waals surface area contributed by atoms with E-state index in [0.717, 1.165) is 24.1 Å². The van der Waals surface area contributed by atoms with Gasteiger partial charge >= 0.3 is 5.97 Å². The van der Waals surface area contributed by atoms with E-state index in [9.17, 15) is 19.5 Å². The lowest BCUT2D eigenvalue weighted by Crippen LogP contribution is -2.25. The van der Waals surface area contributed by atoms with Crippen LogP contribution in [-0.2, 0) is 29.1 Å². The van der Waals surface area contributed by atoms with E-state index < -0.39 is 5.97 Å². The molecule has 146 valence electrons. The second-order valence-electron chi connectivity index (χ2n) is 6.98.